The summed E-state index contributed by atoms with van der Waals surface area (Å²) in [6, 6.07) is 4.63. The molecule has 0 fully saturated rings. The molecule has 2 atom stereocenters. The van der Waals surface area contributed by atoms with E-state index in [2.05, 4.69) is 12.2 Å². The molecule has 1 aromatic carbocycles. The summed E-state index contributed by atoms with van der Waals surface area (Å²) < 4.78 is 19.2. The Labute approximate surface area is 127 Å². The van der Waals surface area contributed by atoms with Gasteiger partial charge in [-0.15, -0.1) is 0 Å². The Morgan fingerprint density at radius 3 is 2.57 bits per heavy atom. The molecule has 3 nitrogen and oxygen atoms in total. The van der Waals surface area contributed by atoms with E-state index in [9.17, 15) is 9.50 Å². The SMILES string of the molecule is CCCNC(C)c1ccc(F)cc1OCC(C)(O)C(C)C. The zero-order chi connectivity index (χ0) is 16.0. The van der Waals surface area contributed by atoms with Crippen LogP contribution in [0.4, 0.5) is 4.39 Å². The lowest BCUT2D eigenvalue weighted by Crippen LogP contribution is -2.38. The second-order valence-corrected chi connectivity index (χ2v) is 6.16. The molecule has 0 aliphatic rings. The van der Waals surface area contributed by atoms with Crippen LogP contribution in [0, 0.1) is 11.7 Å². The van der Waals surface area contributed by atoms with Gasteiger partial charge in [-0.1, -0.05) is 26.8 Å². The third-order valence-corrected chi connectivity index (χ3v) is 3.91. The molecule has 0 spiro atoms. The van der Waals surface area contributed by atoms with E-state index in [1.165, 1.54) is 12.1 Å². The van der Waals surface area contributed by atoms with Crippen LogP contribution in [0.5, 0.6) is 5.75 Å². The second-order valence-electron chi connectivity index (χ2n) is 6.16. The fraction of sp³-hybridized carbons (Fsp3) is 0.647. The first-order valence-corrected chi connectivity index (χ1v) is 7.66. The zero-order valence-electron chi connectivity index (χ0n) is 13.7. The maximum Gasteiger partial charge on any atom is 0.127 e. The van der Waals surface area contributed by atoms with Crippen LogP contribution in [0.3, 0.4) is 0 Å². The molecule has 0 amide bonds. The topological polar surface area (TPSA) is 41.5 Å². The minimum atomic E-state index is -0.941. The van der Waals surface area contributed by atoms with Gasteiger partial charge in [0.25, 0.3) is 0 Å². The van der Waals surface area contributed by atoms with Crippen molar-refractivity contribution in [1.29, 1.82) is 0 Å². The van der Waals surface area contributed by atoms with E-state index >= 15 is 0 Å². The predicted molar refractivity (Wildman–Crippen MR) is 84.1 cm³/mol. The van der Waals surface area contributed by atoms with E-state index in [1.807, 2.05) is 20.8 Å². The van der Waals surface area contributed by atoms with Crippen molar-refractivity contribution in [3.05, 3.63) is 29.6 Å². The van der Waals surface area contributed by atoms with Crippen molar-refractivity contribution in [2.75, 3.05) is 13.2 Å². The molecule has 1 aromatic rings. The molecule has 0 aliphatic carbocycles. The summed E-state index contributed by atoms with van der Waals surface area (Å²) in [5.41, 5.74) is -0.0339. The standard InChI is InChI=1S/C17H28FNO2/c1-6-9-19-13(4)15-8-7-14(18)10-16(15)21-11-17(5,20)12(2)3/h7-8,10,12-13,19-20H,6,9,11H2,1-5H3. The quantitative estimate of drug-likeness (QED) is 0.769. The molecule has 2 unspecified atom stereocenters. The van der Waals surface area contributed by atoms with Gasteiger partial charge in [0.2, 0.25) is 0 Å². The summed E-state index contributed by atoms with van der Waals surface area (Å²) in [5.74, 6) is 0.220. The Morgan fingerprint density at radius 2 is 2.00 bits per heavy atom. The second kappa shape index (κ2) is 7.76. The Hall–Kier alpha value is -1.13. The van der Waals surface area contributed by atoms with Gasteiger partial charge in [0.05, 0.1) is 5.60 Å². The van der Waals surface area contributed by atoms with Gasteiger partial charge in [-0.3, -0.25) is 0 Å². The summed E-state index contributed by atoms with van der Waals surface area (Å²) in [4.78, 5) is 0. The maximum atomic E-state index is 13.5. The fourth-order valence-electron chi connectivity index (χ4n) is 1.85. The highest BCUT2D eigenvalue weighted by Gasteiger charge is 2.26. The van der Waals surface area contributed by atoms with Crippen LogP contribution in [0.2, 0.25) is 0 Å². The molecule has 0 bridgehead atoms. The average molecular weight is 297 g/mol. The zero-order valence-corrected chi connectivity index (χ0v) is 13.7. The van der Waals surface area contributed by atoms with E-state index in [0.29, 0.717) is 5.75 Å². The highest BCUT2D eigenvalue weighted by atomic mass is 19.1. The van der Waals surface area contributed by atoms with Gasteiger partial charge in [-0.05, 0) is 38.8 Å². The van der Waals surface area contributed by atoms with Crippen molar-refractivity contribution in [3.8, 4) is 5.75 Å². The molecule has 2 N–H and O–H groups in total. The number of rotatable bonds is 8. The molecule has 21 heavy (non-hydrogen) atoms. The van der Waals surface area contributed by atoms with Crippen LogP contribution in [0.25, 0.3) is 0 Å². The van der Waals surface area contributed by atoms with Crippen LogP contribution < -0.4 is 10.1 Å². The van der Waals surface area contributed by atoms with E-state index < -0.39 is 5.60 Å². The van der Waals surface area contributed by atoms with E-state index in [-0.39, 0.29) is 24.4 Å². The first-order chi connectivity index (χ1) is 9.77. The van der Waals surface area contributed by atoms with Gasteiger partial charge in [-0.25, -0.2) is 4.39 Å². The number of ether oxygens (including phenoxy) is 1. The molecule has 0 aliphatic heterocycles. The number of hydrogen-bond donors (Lipinski definition) is 2. The van der Waals surface area contributed by atoms with Gasteiger partial charge >= 0.3 is 0 Å². The Balaban J connectivity index is 2.87. The summed E-state index contributed by atoms with van der Waals surface area (Å²) in [5, 5.41) is 13.6. The van der Waals surface area contributed by atoms with Crippen molar-refractivity contribution in [1.82, 2.24) is 5.32 Å². The Bertz CT molecular complexity index is 446. The molecule has 0 heterocycles. The summed E-state index contributed by atoms with van der Waals surface area (Å²) in [6.45, 7) is 10.7. The van der Waals surface area contributed by atoms with Crippen LogP contribution in [-0.4, -0.2) is 23.9 Å². The minimum absolute atomic E-state index is 0.0603. The third-order valence-electron chi connectivity index (χ3n) is 3.91. The maximum absolute atomic E-state index is 13.5. The molecule has 0 radical (unpaired) electrons. The Kier molecular flexibility index (Phi) is 6.62. The number of halogens is 1. The van der Waals surface area contributed by atoms with Gasteiger partial charge in [-0.2, -0.15) is 0 Å². The number of aliphatic hydroxyl groups is 1. The molecule has 120 valence electrons. The lowest BCUT2D eigenvalue weighted by atomic mass is 9.93. The molecule has 4 heteroatoms. The van der Waals surface area contributed by atoms with E-state index in [0.717, 1.165) is 18.5 Å². The van der Waals surface area contributed by atoms with Gasteiger partial charge < -0.3 is 15.2 Å². The molecule has 0 aromatic heterocycles. The highest BCUT2D eigenvalue weighted by Crippen LogP contribution is 2.28. The number of hydrogen-bond acceptors (Lipinski definition) is 3. The van der Waals surface area contributed by atoms with Gasteiger partial charge in [0.1, 0.15) is 18.2 Å². The normalized spacial score (nSPS) is 15.8. The monoisotopic (exact) mass is 297 g/mol. The average Bonchev–Trinajstić information content (AvgIpc) is 2.42. The van der Waals surface area contributed by atoms with Crippen LogP contribution in [0.15, 0.2) is 18.2 Å². The van der Waals surface area contributed by atoms with Crippen molar-refractivity contribution < 1.29 is 14.2 Å². The van der Waals surface area contributed by atoms with E-state index in [4.69, 9.17) is 4.74 Å². The van der Waals surface area contributed by atoms with Crippen molar-refractivity contribution in [3.63, 3.8) is 0 Å². The highest BCUT2D eigenvalue weighted by molar-refractivity contribution is 5.36. The Morgan fingerprint density at radius 1 is 1.33 bits per heavy atom. The predicted octanol–water partition coefficient (Wildman–Crippen LogP) is 3.67. The largest absolute Gasteiger partial charge is 0.490 e. The molecule has 0 saturated carbocycles. The smallest absolute Gasteiger partial charge is 0.127 e. The van der Waals surface area contributed by atoms with E-state index in [1.54, 1.807) is 13.0 Å². The van der Waals surface area contributed by atoms with Crippen molar-refractivity contribution in [2.45, 2.75) is 52.7 Å². The minimum Gasteiger partial charge on any atom is -0.490 e. The first-order valence-electron chi connectivity index (χ1n) is 7.66. The molecule has 0 saturated heterocycles. The third kappa shape index (κ3) is 5.29. The molecule has 1 rings (SSSR count). The number of benzene rings is 1. The summed E-state index contributed by atoms with van der Waals surface area (Å²) >= 11 is 0. The van der Waals surface area contributed by atoms with Crippen LogP contribution in [0.1, 0.15) is 52.6 Å². The van der Waals surface area contributed by atoms with Crippen molar-refractivity contribution >= 4 is 0 Å². The summed E-state index contributed by atoms with van der Waals surface area (Å²) in [6.07, 6.45) is 1.03. The first kappa shape index (κ1) is 17.9. The molecular weight excluding hydrogens is 269 g/mol. The van der Waals surface area contributed by atoms with Crippen LogP contribution in [-0.2, 0) is 0 Å². The van der Waals surface area contributed by atoms with Crippen LogP contribution >= 0.6 is 0 Å². The van der Waals surface area contributed by atoms with Crippen molar-refractivity contribution in [2.24, 2.45) is 5.92 Å². The fourth-order valence-corrected chi connectivity index (χ4v) is 1.85. The molecular formula is C17H28FNO2. The lowest BCUT2D eigenvalue weighted by Gasteiger charge is -2.28. The van der Waals surface area contributed by atoms with Gasteiger partial charge in [0.15, 0.2) is 0 Å². The van der Waals surface area contributed by atoms with Gasteiger partial charge in [0, 0.05) is 17.7 Å². The summed E-state index contributed by atoms with van der Waals surface area (Å²) in [7, 11) is 0. The number of nitrogens with one attached hydrogen (secondary N) is 1. The lowest BCUT2D eigenvalue weighted by molar-refractivity contribution is -0.0270.